The third-order valence-corrected chi connectivity index (χ3v) is 3.20. The molecule has 2 aliphatic heterocycles. The van der Waals surface area contributed by atoms with Gasteiger partial charge in [-0.1, -0.05) is 0 Å². The van der Waals surface area contributed by atoms with E-state index >= 15 is 0 Å². The second-order valence-corrected chi connectivity index (χ2v) is 4.26. The summed E-state index contributed by atoms with van der Waals surface area (Å²) in [7, 11) is 2.04. The van der Waals surface area contributed by atoms with Crippen LogP contribution in [0.2, 0.25) is 0 Å². The predicted molar refractivity (Wildman–Crippen MR) is 51.5 cm³/mol. The van der Waals surface area contributed by atoms with Gasteiger partial charge in [-0.25, -0.2) is 0 Å². The van der Waals surface area contributed by atoms with Crippen molar-refractivity contribution in [2.24, 2.45) is 0 Å². The van der Waals surface area contributed by atoms with Gasteiger partial charge in [0.2, 0.25) is 5.91 Å². The van der Waals surface area contributed by atoms with Crippen molar-refractivity contribution in [3.63, 3.8) is 0 Å². The molecule has 0 radical (unpaired) electrons. The van der Waals surface area contributed by atoms with E-state index in [1.54, 1.807) is 0 Å². The van der Waals surface area contributed by atoms with Crippen molar-refractivity contribution in [3.05, 3.63) is 0 Å². The molecule has 1 amide bonds. The van der Waals surface area contributed by atoms with Crippen LogP contribution < -0.4 is 0 Å². The van der Waals surface area contributed by atoms with Crippen LogP contribution in [0.5, 0.6) is 0 Å². The zero-order chi connectivity index (χ0) is 9.26. The highest BCUT2D eigenvalue weighted by Crippen LogP contribution is 2.22. The lowest BCUT2D eigenvalue weighted by Crippen LogP contribution is -2.44. The third-order valence-electron chi connectivity index (χ3n) is 3.20. The van der Waals surface area contributed by atoms with Crippen LogP contribution in [-0.2, 0) is 4.79 Å². The topological polar surface area (TPSA) is 23.6 Å². The van der Waals surface area contributed by atoms with E-state index in [2.05, 4.69) is 9.80 Å². The number of rotatable bonds is 0. The standard InChI is InChI=1S/C10H18N2O/c1-11-7-5-9-4-2-3-6-12(9)10(13)8-11/h9H,2-8H2,1H3/t9-/m0/s1. The summed E-state index contributed by atoms with van der Waals surface area (Å²) in [6.45, 7) is 2.70. The Morgan fingerprint density at radius 1 is 1.23 bits per heavy atom. The molecule has 0 unspecified atom stereocenters. The lowest BCUT2D eigenvalue weighted by molar-refractivity contribution is -0.134. The van der Waals surface area contributed by atoms with Gasteiger partial charge >= 0.3 is 0 Å². The van der Waals surface area contributed by atoms with Crippen molar-refractivity contribution in [2.45, 2.75) is 31.7 Å². The molecule has 3 nitrogen and oxygen atoms in total. The monoisotopic (exact) mass is 182 g/mol. The first-order valence-corrected chi connectivity index (χ1v) is 5.25. The molecule has 2 rings (SSSR count). The molecule has 0 N–H and O–H groups in total. The fourth-order valence-corrected chi connectivity index (χ4v) is 2.40. The number of likely N-dealkylation sites (N-methyl/N-ethyl adjacent to an activating group) is 1. The first-order valence-electron chi connectivity index (χ1n) is 5.25. The molecule has 2 saturated heterocycles. The number of hydrogen-bond acceptors (Lipinski definition) is 2. The Hall–Kier alpha value is -0.570. The van der Waals surface area contributed by atoms with Crippen LogP contribution in [-0.4, -0.2) is 48.4 Å². The van der Waals surface area contributed by atoms with Crippen LogP contribution in [0.4, 0.5) is 0 Å². The summed E-state index contributed by atoms with van der Waals surface area (Å²) in [5.41, 5.74) is 0. The molecule has 0 aromatic carbocycles. The molecule has 2 aliphatic rings. The molecule has 0 spiro atoms. The van der Waals surface area contributed by atoms with Gasteiger partial charge in [0, 0.05) is 19.1 Å². The molecule has 0 aliphatic carbocycles. The smallest absolute Gasteiger partial charge is 0.236 e. The number of nitrogens with zero attached hydrogens (tertiary/aromatic N) is 2. The highest BCUT2D eigenvalue weighted by atomic mass is 16.2. The highest BCUT2D eigenvalue weighted by Gasteiger charge is 2.29. The third kappa shape index (κ3) is 1.85. The van der Waals surface area contributed by atoms with E-state index in [1.807, 2.05) is 7.05 Å². The van der Waals surface area contributed by atoms with Gasteiger partial charge in [-0.05, 0) is 32.7 Å². The Balaban J connectivity index is 2.08. The molecule has 2 heterocycles. The molecule has 0 aromatic heterocycles. The van der Waals surface area contributed by atoms with Crippen molar-refractivity contribution in [3.8, 4) is 0 Å². The van der Waals surface area contributed by atoms with Crippen molar-refractivity contribution < 1.29 is 4.79 Å². The van der Waals surface area contributed by atoms with E-state index in [4.69, 9.17) is 0 Å². The van der Waals surface area contributed by atoms with E-state index in [9.17, 15) is 4.79 Å². The Bertz CT molecular complexity index is 205. The van der Waals surface area contributed by atoms with Gasteiger partial charge < -0.3 is 4.90 Å². The van der Waals surface area contributed by atoms with E-state index in [-0.39, 0.29) is 0 Å². The van der Waals surface area contributed by atoms with E-state index in [0.717, 1.165) is 13.1 Å². The van der Waals surface area contributed by atoms with Crippen LogP contribution in [0, 0.1) is 0 Å². The second-order valence-electron chi connectivity index (χ2n) is 4.26. The van der Waals surface area contributed by atoms with Crippen LogP contribution in [0.1, 0.15) is 25.7 Å². The van der Waals surface area contributed by atoms with E-state index in [0.29, 0.717) is 18.5 Å². The normalized spacial score (nSPS) is 31.3. The summed E-state index contributed by atoms with van der Waals surface area (Å²) in [4.78, 5) is 16.0. The maximum atomic E-state index is 11.7. The lowest BCUT2D eigenvalue weighted by atomic mass is 10.00. The Morgan fingerprint density at radius 3 is 2.92 bits per heavy atom. The maximum absolute atomic E-state index is 11.7. The van der Waals surface area contributed by atoms with Gasteiger partial charge in [0.25, 0.3) is 0 Å². The Labute approximate surface area is 79.7 Å². The van der Waals surface area contributed by atoms with E-state index in [1.165, 1.54) is 25.7 Å². The number of carbonyl (C=O) groups excluding carboxylic acids is 1. The van der Waals surface area contributed by atoms with Crippen LogP contribution in [0.25, 0.3) is 0 Å². The first-order chi connectivity index (χ1) is 6.27. The number of amides is 1. The molecular weight excluding hydrogens is 164 g/mol. The van der Waals surface area contributed by atoms with Gasteiger partial charge in [0.15, 0.2) is 0 Å². The number of piperidine rings is 1. The van der Waals surface area contributed by atoms with Crippen molar-refractivity contribution in [2.75, 3.05) is 26.7 Å². The zero-order valence-corrected chi connectivity index (χ0v) is 8.33. The Morgan fingerprint density at radius 2 is 2.08 bits per heavy atom. The number of hydrogen-bond donors (Lipinski definition) is 0. The SMILES string of the molecule is CN1CC[C@@H]2CCCCN2C(=O)C1. The highest BCUT2D eigenvalue weighted by molar-refractivity contribution is 5.79. The van der Waals surface area contributed by atoms with Gasteiger partial charge in [-0.3, -0.25) is 9.69 Å². The zero-order valence-electron chi connectivity index (χ0n) is 8.33. The fraction of sp³-hybridized carbons (Fsp3) is 0.900. The van der Waals surface area contributed by atoms with Gasteiger partial charge in [-0.15, -0.1) is 0 Å². The molecule has 0 aromatic rings. The molecular formula is C10H18N2O. The predicted octanol–water partition coefficient (Wildman–Crippen LogP) is 0.703. The van der Waals surface area contributed by atoms with Gasteiger partial charge in [0.1, 0.15) is 0 Å². The minimum absolute atomic E-state index is 0.338. The van der Waals surface area contributed by atoms with Crippen molar-refractivity contribution in [1.29, 1.82) is 0 Å². The maximum Gasteiger partial charge on any atom is 0.236 e. The summed E-state index contributed by atoms with van der Waals surface area (Å²) in [6, 6.07) is 0.547. The Kier molecular flexibility index (Phi) is 2.54. The van der Waals surface area contributed by atoms with Gasteiger partial charge in [0.05, 0.1) is 6.54 Å². The summed E-state index contributed by atoms with van der Waals surface area (Å²) in [6.07, 6.45) is 4.89. The minimum atomic E-state index is 0.338. The summed E-state index contributed by atoms with van der Waals surface area (Å²) >= 11 is 0. The molecule has 1 atom stereocenters. The van der Waals surface area contributed by atoms with Crippen LogP contribution >= 0.6 is 0 Å². The minimum Gasteiger partial charge on any atom is -0.339 e. The lowest BCUT2D eigenvalue weighted by Gasteiger charge is -2.33. The summed E-state index contributed by atoms with van der Waals surface area (Å²) in [5.74, 6) is 0.338. The van der Waals surface area contributed by atoms with Crippen LogP contribution in [0.3, 0.4) is 0 Å². The van der Waals surface area contributed by atoms with Crippen LogP contribution in [0.15, 0.2) is 0 Å². The summed E-state index contributed by atoms with van der Waals surface area (Å²) in [5, 5.41) is 0. The van der Waals surface area contributed by atoms with Gasteiger partial charge in [-0.2, -0.15) is 0 Å². The average Bonchev–Trinajstić information content (AvgIpc) is 2.27. The largest absolute Gasteiger partial charge is 0.339 e. The first kappa shape index (κ1) is 9.00. The fourth-order valence-electron chi connectivity index (χ4n) is 2.40. The quantitative estimate of drug-likeness (QED) is 0.550. The molecule has 0 bridgehead atoms. The van der Waals surface area contributed by atoms with Crippen molar-refractivity contribution >= 4 is 5.91 Å². The molecule has 2 fully saturated rings. The number of fused-ring (bicyclic) bond motifs is 1. The molecule has 13 heavy (non-hydrogen) atoms. The average molecular weight is 182 g/mol. The molecule has 0 saturated carbocycles. The molecule has 3 heteroatoms. The van der Waals surface area contributed by atoms with Crippen molar-refractivity contribution in [1.82, 2.24) is 9.80 Å². The van der Waals surface area contributed by atoms with E-state index < -0.39 is 0 Å². The number of carbonyl (C=O) groups is 1. The summed E-state index contributed by atoms with van der Waals surface area (Å²) < 4.78 is 0. The second kappa shape index (κ2) is 3.66. The molecule has 74 valence electrons.